The standard InChI is InChI=1S/C13H28O4S.Na/c1-2-3-10-13(18(15,16)17)11-8-6-4-5-7-9-12-14;/h13-14H,2-12H2,1H3,(H,15,16,17);/q;+1/p-1. The van der Waals surface area contributed by atoms with E-state index in [0.717, 1.165) is 51.4 Å². The predicted molar refractivity (Wildman–Crippen MR) is 72.4 cm³/mol. The maximum atomic E-state index is 11.1. The summed E-state index contributed by atoms with van der Waals surface area (Å²) in [7, 11) is -4.12. The summed E-state index contributed by atoms with van der Waals surface area (Å²) in [6.45, 7) is 2.24. The second kappa shape index (κ2) is 13.8. The van der Waals surface area contributed by atoms with Crippen LogP contribution in [-0.2, 0) is 10.1 Å². The molecule has 0 saturated carbocycles. The minimum absolute atomic E-state index is 0. The zero-order valence-electron chi connectivity index (χ0n) is 12.4. The van der Waals surface area contributed by atoms with E-state index in [2.05, 4.69) is 0 Å². The third-order valence-corrected chi connectivity index (χ3v) is 4.51. The average molecular weight is 302 g/mol. The molecule has 1 N–H and O–H groups in total. The molecule has 0 bridgehead atoms. The van der Waals surface area contributed by atoms with Gasteiger partial charge in [0.05, 0.1) is 10.1 Å². The van der Waals surface area contributed by atoms with E-state index in [0.29, 0.717) is 12.8 Å². The van der Waals surface area contributed by atoms with Gasteiger partial charge in [-0.05, 0) is 19.3 Å². The molecular weight excluding hydrogens is 275 g/mol. The fourth-order valence-electron chi connectivity index (χ4n) is 2.06. The first-order valence-corrected chi connectivity index (χ1v) is 8.55. The number of unbranched alkanes of at least 4 members (excludes halogenated alkanes) is 6. The van der Waals surface area contributed by atoms with Crippen molar-refractivity contribution in [1.29, 1.82) is 0 Å². The van der Waals surface area contributed by atoms with E-state index in [1.807, 2.05) is 6.92 Å². The topological polar surface area (TPSA) is 77.4 Å². The van der Waals surface area contributed by atoms with Gasteiger partial charge in [0.25, 0.3) is 0 Å². The second-order valence-corrected chi connectivity index (χ2v) is 6.54. The number of aliphatic hydroxyl groups excluding tert-OH is 1. The Morgan fingerprint density at radius 1 is 0.947 bits per heavy atom. The Morgan fingerprint density at radius 3 is 1.89 bits per heavy atom. The van der Waals surface area contributed by atoms with Crippen molar-refractivity contribution in [3.05, 3.63) is 0 Å². The molecule has 0 aromatic heterocycles. The van der Waals surface area contributed by atoms with Crippen LogP contribution in [0.1, 0.15) is 71.1 Å². The van der Waals surface area contributed by atoms with Crippen LogP contribution < -0.4 is 29.6 Å². The first kappa shape index (κ1) is 22.2. The Kier molecular flexibility index (Phi) is 16.1. The van der Waals surface area contributed by atoms with Crippen LogP contribution in [0.4, 0.5) is 0 Å². The molecular formula is C13H27NaO4S. The zero-order valence-corrected chi connectivity index (χ0v) is 15.3. The van der Waals surface area contributed by atoms with Crippen molar-refractivity contribution in [2.75, 3.05) is 6.61 Å². The molecule has 0 aliphatic rings. The summed E-state index contributed by atoms with van der Waals surface area (Å²) in [6.07, 6.45) is 8.53. The molecule has 0 aliphatic heterocycles. The van der Waals surface area contributed by atoms with Gasteiger partial charge in [-0.2, -0.15) is 0 Å². The molecule has 0 spiro atoms. The van der Waals surface area contributed by atoms with E-state index in [9.17, 15) is 13.0 Å². The first-order valence-electron chi connectivity index (χ1n) is 7.08. The normalized spacial score (nSPS) is 13.0. The van der Waals surface area contributed by atoms with Crippen LogP contribution in [0.5, 0.6) is 0 Å². The maximum absolute atomic E-state index is 11.1. The van der Waals surface area contributed by atoms with Gasteiger partial charge in [0.2, 0.25) is 0 Å². The minimum Gasteiger partial charge on any atom is -0.748 e. The fraction of sp³-hybridized carbons (Fsp3) is 1.00. The van der Waals surface area contributed by atoms with Crippen molar-refractivity contribution >= 4 is 10.1 Å². The van der Waals surface area contributed by atoms with E-state index in [-0.39, 0.29) is 36.2 Å². The van der Waals surface area contributed by atoms with Crippen molar-refractivity contribution in [3.63, 3.8) is 0 Å². The third-order valence-electron chi connectivity index (χ3n) is 3.22. The van der Waals surface area contributed by atoms with Crippen LogP contribution in [0.15, 0.2) is 0 Å². The minimum atomic E-state index is -4.12. The largest absolute Gasteiger partial charge is 1.00 e. The van der Waals surface area contributed by atoms with Crippen molar-refractivity contribution in [1.82, 2.24) is 0 Å². The summed E-state index contributed by atoms with van der Waals surface area (Å²) in [5.41, 5.74) is 0. The van der Waals surface area contributed by atoms with Crippen LogP contribution in [0, 0.1) is 0 Å². The van der Waals surface area contributed by atoms with Gasteiger partial charge in [-0.15, -0.1) is 0 Å². The average Bonchev–Trinajstić information content (AvgIpc) is 2.30. The van der Waals surface area contributed by atoms with Crippen LogP contribution in [0.3, 0.4) is 0 Å². The van der Waals surface area contributed by atoms with Crippen molar-refractivity contribution in [2.45, 2.75) is 76.4 Å². The molecule has 0 aromatic carbocycles. The van der Waals surface area contributed by atoms with Gasteiger partial charge in [-0.1, -0.05) is 51.9 Å². The predicted octanol–water partition coefficient (Wildman–Crippen LogP) is -0.183. The molecule has 0 saturated heterocycles. The third kappa shape index (κ3) is 13.6. The molecule has 0 heterocycles. The number of hydrogen-bond donors (Lipinski definition) is 1. The number of aliphatic hydroxyl groups is 1. The van der Waals surface area contributed by atoms with Crippen molar-refractivity contribution in [3.8, 4) is 0 Å². The Bertz CT molecular complexity index is 280. The van der Waals surface area contributed by atoms with Gasteiger partial charge >= 0.3 is 29.6 Å². The van der Waals surface area contributed by atoms with Crippen LogP contribution >= 0.6 is 0 Å². The number of rotatable bonds is 12. The molecule has 0 fully saturated rings. The molecule has 1 atom stereocenters. The quantitative estimate of drug-likeness (QED) is 0.308. The summed E-state index contributed by atoms with van der Waals surface area (Å²) in [5.74, 6) is 0. The molecule has 4 nitrogen and oxygen atoms in total. The van der Waals surface area contributed by atoms with Crippen LogP contribution in [0.2, 0.25) is 0 Å². The zero-order chi connectivity index (χ0) is 13.9. The molecule has 0 aliphatic carbocycles. The summed E-state index contributed by atoms with van der Waals surface area (Å²) in [4.78, 5) is 0. The second-order valence-electron chi connectivity index (χ2n) is 4.89. The first-order chi connectivity index (χ1) is 8.52. The van der Waals surface area contributed by atoms with Crippen molar-refractivity contribution in [2.24, 2.45) is 0 Å². The van der Waals surface area contributed by atoms with E-state index in [4.69, 9.17) is 5.11 Å². The van der Waals surface area contributed by atoms with Crippen molar-refractivity contribution < 1.29 is 47.6 Å². The summed E-state index contributed by atoms with van der Waals surface area (Å²) < 4.78 is 33.2. The Balaban J connectivity index is 0. The van der Waals surface area contributed by atoms with Crippen LogP contribution in [-0.4, -0.2) is 29.9 Å². The summed E-state index contributed by atoms with van der Waals surface area (Å²) >= 11 is 0. The van der Waals surface area contributed by atoms with Gasteiger partial charge in [-0.25, -0.2) is 8.42 Å². The Hall–Kier alpha value is 0.870. The molecule has 0 aromatic rings. The molecule has 6 heteroatoms. The molecule has 19 heavy (non-hydrogen) atoms. The SMILES string of the molecule is CCCCC(CCCCCCCCO)S(=O)(=O)[O-].[Na+]. The fourth-order valence-corrected chi connectivity index (χ4v) is 2.97. The summed E-state index contributed by atoms with van der Waals surface area (Å²) in [5, 5.41) is 7.93. The molecule has 0 amide bonds. The van der Waals surface area contributed by atoms with Gasteiger partial charge in [-0.3, -0.25) is 0 Å². The molecule has 1 unspecified atom stereocenters. The van der Waals surface area contributed by atoms with E-state index in [1.165, 1.54) is 0 Å². The summed E-state index contributed by atoms with van der Waals surface area (Å²) in [6, 6.07) is 0. The monoisotopic (exact) mass is 302 g/mol. The Morgan fingerprint density at radius 2 is 1.42 bits per heavy atom. The van der Waals surface area contributed by atoms with Gasteiger partial charge in [0.1, 0.15) is 0 Å². The smallest absolute Gasteiger partial charge is 0.748 e. The van der Waals surface area contributed by atoms with Crippen LogP contribution in [0.25, 0.3) is 0 Å². The van der Waals surface area contributed by atoms with Gasteiger partial charge in [0, 0.05) is 11.9 Å². The molecule has 110 valence electrons. The van der Waals surface area contributed by atoms with Gasteiger partial charge < -0.3 is 9.66 Å². The molecule has 0 radical (unpaired) electrons. The number of hydrogen-bond acceptors (Lipinski definition) is 4. The van der Waals surface area contributed by atoms with Gasteiger partial charge in [0.15, 0.2) is 0 Å². The van der Waals surface area contributed by atoms with E-state index < -0.39 is 15.4 Å². The molecule has 0 rings (SSSR count). The maximum Gasteiger partial charge on any atom is 1.00 e. The Labute approximate surface area is 140 Å². The van der Waals surface area contributed by atoms with E-state index >= 15 is 0 Å². The van der Waals surface area contributed by atoms with E-state index in [1.54, 1.807) is 0 Å².